The summed E-state index contributed by atoms with van der Waals surface area (Å²) < 4.78 is 10.6. The molecule has 0 fully saturated rings. The first-order chi connectivity index (χ1) is 9.63. The lowest BCUT2D eigenvalue weighted by Crippen LogP contribution is -2.21. The van der Waals surface area contributed by atoms with Crippen molar-refractivity contribution in [3.8, 4) is 5.75 Å². The number of primary amides is 1. The van der Waals surface area contributed by atoms with E-state index in [1.165, 1.54) is 0 Å². The maximum Gasteiger partial charge on any atom is 0.255 e. The third-order valence-corrected chi connectivity index (χ3v) is 2.79. The molecule has 0 aliphatic carbocycles. The third-order valence-electron chi connectivity index (χ3n) is 2.55. The van der Waals surface area contributed by atoms with Crippen molar-refractivity contribution in [2.45, 2.75) is 19.9 Å². The van der Waals surface area contributed by atoms with Crippen LogP contribution >= 0.6 is 11.6 Å². The first kappa shape index (κ1) is 16.8. The molecule has 0 aliphatic rings. The highest BCUT2D eigenvalue weighted by atomic mass is 35.5. The van der Waals surface area contributed by atoms with Gasteiger partial charge in [0.1, 0.15) is 5.75 Å². The lowest BCUT2D eigenvalue weighted by Gasteiger charge is -2.12. The van der Waals surface area contributed by atoms with Gasteiger partial charge in [0.05, 0.1) is 0 Å². The molecule has 0 aliphatic heterocycles. The van der Waals surface area contributed by atoms with Gasteiger partial charge in [-0.1, -0.05) is 11.6 Å². The molecule has 0 radical (unpaired) electrons. The largest absolute Gasteiger partial charge is 0.483 e. The molecule has 1 rings (SSSR count). The van der Waals surface area contributed by atoms with Crippen LogP contribution in [0, 0.1) is 0 Å². The second-order valence-electron chi connectivity index (χ2n) is 4.23. The van der Waals surface area contributed by atoms with E-state index in [0.717, 1.165) is 31.7 Å². The van der Waals surface area contributed by atoms with Crippen molar-refractivity contribution < 1.29 is 14.3 Å². The minimum Gasteiger partial charge on any atom is -0.483 e. The average Bonchev–Trinajstić information content (AvgIpc) is 2.41. The Kier molecular flexibility index (Phi) is 8.02. The molecule has 0 aromatic heterocycles. The van der Waals surface area contributed by atoms with Crippen molar-refractivity contribution in [1.82, 2.24) is 5.32 Å². The molecule has 1 amide bonds. The number of carbonyl (C=O) groups is 1. The molecule has 6 heteroatoms. The number of nitrogens with two attached hydrogens (primary N) is 1. The summed E-state index contributed by atoms with van der Waals surface area (Å²) in [4.78, 5) is 10.8. The number of carbonyl (C=O) groups excluding carboxylic acids is 1. The maximum atomic E-state index is 10.8. The van der Waals surface area contributed by atoms with Gasteiger partial charge >= 0.3 is 0 Å². The number of amides is 1. The summed E-state index contributed by atoms with van der Waals surface area (Å²) in [6.07, 6.45) is 0.936. The number of hydrogen-bond donors (Lipinski definition) is 2. The molecule has 5 nitrogen and oxygen atoms in total. The molecule has 20 heavy (non-hydrogen) atoms. The summed E-state index contributed by atoms with van der Waals surface area (Å²) in [6.45, 7) is 4.76. The van der Waals surface area contributed by atoms with Gasteiger partial charge in [0.15, 0.2) is 6.61 Å². The van der Waals surface area contributed by atoms with Crippen LogP contribution in [0.5, 0.6) is 5.75 Å². The summed E-state index contributed by atoms with van der Waals surface area (Å²) in [5.41, 5.74) is 5.97. The minimum atomic E-state index is -0.504. The number of ether oxygens (including phenoxy) is 2. The fourth-order valence-corrected chi connectivity index (χ4v) is 1.84. The van der Waals surface area contributed by atoms with Gasteiger partial charge < -0.3 is 20.5 Å². The lowest BCUT2D eigenvalue weighted by molar-refractivity contribution is -0.119. The number of nitrogens with one attached hydrogen (secondary N) is 1. The van der Waals surface area contributed by atoms with E-state index in [2.05, 4.69) is 5.32 Å². The van der Waals surface area contributed by atoms with Gasteiger partial charge in [0.2, 0.25) is 0 Å². The minimum absolute atomic E-state index is 0.140. The fourth-order valence-electron chi connectivity index (χ4n) is 1.64. The topological polar surface area (TPSA) is 73.6 Å². The van der Waals surface area contributed by atoms with E-state index in [-0.39, 0.29) is 6.61 Å². The highest BCUT2D eigenvalue weighted by Gasteiger charge is 2.06. The zero-order valence-corrected chi connectivity index (χ0v) is 12.4. The number of halogens is 1. The second kappa shape index (κ2) is 9.58. The molecule has 3 N–H and O–H groups in total. The van der Waals surface area contributed by atoms with E-state index in [9.17, 15) is 4.79 Å². The molecule has 112 valence electrons. The summed E-state index contributed by atoms with van der Waals surface area (Å²) in [5, 5.41) is 3.91. The highest BCUT2D eigenvalue weighted by Crippen LogP contribution is 2.22. The van der Waals surface area contributed by atoms with Gasteiger partial charge in [-0.25, -0.2) is 0 Å². The molecule has 0 saturated carbocycles. The van der Waals surface area contributed by atoms with Crippen LogP contribution in [-0.2, 0) is 16.1 Å². The SMILES string of the molecule is CCOCCCNCc1cc(Cl)ccc1OCC(N)=O. The number of benzene rings is 1. The monoisotopic (exact) mass is 300 g/mol. The lowest BCUT2D eigenvalue weighted by atomic mass is 10.2. The average molecular weight is 301 g/mol. The number of hydrogen-bond acceptors (Lipinski definition) is 4. The zero-order valence-electron chi connectivity index (χ0n) is 11.7. The molecular weight excluding hydrogens is 280 g/mol. The molecule has 1 aromatic carbocycles. The van der Waals surface area contributed by atoms with Crippen molar-refractivity contribution in [3.05, 3.63) is 28.8 Å². The van der Waals surface area contributed by atoms with Crippen LogP contribution in [0.15, 0.2) is 18.2 Å². The van der Waals surface area contributed by atoms with Gasteiger partial charge in [0.25, 0.3) is 5.91 Å². The van der Waals surface area contributed by atoms with Crippen LogP contribution < -0.4 is 15.8 Å². The van der Waals surface area contributed by atoms with Crippen molar-refractivity contribution in [3.63, 3.8) is 0 Å². The first-order valence-electron chi connectivity index (χ1n) is 6.61. The predicted molar refractivity (Wildman–Crippen MR) is 79.0 cm³/mol. The van der Waals surface area contributed by atoms with Crippen LogP contribution in [-0.4, -0.2) is 32.3 Å². The Bertz CT molecular complexity index is 427. The van der Waals surface area contributed by atoms with E-state index in [0.29, 0.717) is 17.3 Å². The molecule has 0 atom stereocenters. The van der Waals surface area contributed by atoms with Gasteiger partial charge in [-0.3, -0.25) is 4.79 Å². The van der Waals surface area contributed by atoms with Crippen LogP contribution in [0.25, 0.3) is 0 Å². The predicted octanol–water partition coefficient (Wildman–Crippen LogP) is 1.72. The fraction of sp³-hybridized carbons (Fsp3) is 0.500. The normalized spacial score (nSPS) is 10.5. The molecule has 0 heterocycles. The summed E-state index contributed by atoms with van der Waals surface area (Å²) in [5.74, 6) is 0.112. The van der Waals surface area contributed by atoms with E-state index in [1.807, 2.05) is 13.0 Å². The van der Waals surface area contributed by atoms with Crippen molar-refractivity contribution in [1.29, 1.82) is 0 Å². The van der Waals surface area contributed by atoms with E-state index in [1.54, 1.807) is 12.1 Å². The summed E-state index contributed by atoms with van der Waals surface area (Å²) >= 11 is 5.97. The van der Waals surface area contributed by atoms with Crippen molar-refractivity contribution >= 4 is 17.5 Å². The van der Waals surface area contributed by atoms with E-state index >= 15 is 0 Å². The molecular formula is C14H21ClN2O3. The second-order valence-corrected chi connectivity index (χ2v) is 4.67. The van der Waals surface area contributed by atoms with Crippen LogP contribution in [0.3, 0.4) is 0 Å². The molecule has 0 bridgehead atoms. The Morgan fingerprint density at radius 1 is 1.45 bits per heavy atom. The zero-order chi connectivity index (χ0) is 14.8. The van der Waals surface area contributed by atoms with E-state index in [4.69, 9.17) is 26.8 Å². The van der Waals surface area contributed by atoms with Gasteiger partial charge in [-0.05, 0) is 38.1 Å². The smallest absolute Gasteiger partial charge is 0.255 e. The molecule has 0 spiro atoms. The van der Waals surface area contributed by atoms with Crippen LogP contribution in [0.2, 0.25) is 5.02 Å². The standard InChI is InChI=1S/C14H21ClN2O3/c1-2-19-7-3-6-17-9-11-8-12(15)4-5-13(11)20-10-14(16)18/h4-5,8,17H,2-3,6-7,9-10H2,1H3,(H2,16,18). The highest BCUT2D eigenvalue weighted by molar-refractivity contribution is 6.30. The van der Waals surface area contributed by atoms with E-state index < -0.39 is 5.91 Å². The Hall–Kier alpha value is -1.30. The molecule has 0 saturated heterocycles. The Balaban J connectivity index is 2.45. The third kappa shape index (κ3) is 6.75. The Morgan fingerprint density at radius 2 is 2.25 bits per heavy atom. The summed E-state index contributed by atoms with van der Waals surface area (Å²) in [7, 11) is 0. The number of rotatable bonds is 10. The van der Waals surface area contributed by atoms with Crippen molar-refractivity contribution in [2.75, 3.05) is 26.4 Å². The molecule has 1 aromatic rings. The first-order valence-corrected chi connectivity index (χ1v) is 6.99. The van der Waals surface area contributed by atoms with Gasteiger partial charge in [-0.2, -0.15) is 0 Å². The van der Waals surface area contributed by atoms with Gasteiger partial charge in [0, 0.05) is 30.3 Å². The van der Waals surface area contributed by atoms with Crippen molar-refractivity contribution in [2.24, 2.45) is 5.73 Å². The molecule has 0 unspecified atom stereocenters. The van der Waals surface area contributed by atoms with Crippen LogP contribution in [0.4, 0.5) is 0 Å². The maximum absolute atomic E-state index is 10.8. The van der Waals surface area contributed by atoms with Gasteiger partial charge in [-0.15, -0.1) is 0 Å². The Labute approximate surface area is 124 Å². The van der Waals surface area contributed by atoms with Crippen LogP contribution in [0.1, 0.15) is 18.9 Å². The quantitative estimate of drug-likeness (QED) is 0.645. The Morgan fingerprint density at radius 3 is 2.95 bits per heavy atom. The summed E-state index contributed by atoms with van der Waals surface area (Å²) in [6, 6.07) is 5.27.